The minimum absolute atomic E-state index is 0.0417. The van der Waals surface area contributed by atoms with Crippen LogP contribution in [-0.4, -0.2) is 28.0 Å². The van der Waals surface area contributed by atoms with Gasteiger partial charge in [0.05, 0.1) is 5.54 Å². The van der Waals surface area contributed by atoms with E-state index in [0.717, 1.165) is 0 Å². The number of hydrogen-bond acceptors (Lipinski definition) is 3. The lowest BCUT2D eigenvalue weighted by Crippen LogP contribution is -2.61. The molecule has 110 valence electrons. The van der Waals surface area contributed by atoms with E-state index in [1.165, 1.54) is 6.92 Å². The zero-order valence-electron chi connectivity index (χ0n) is 10.6. The van der Waals surface area contributed by atoms with Gasteiger partial charge in [-0.2, -0.15) is 13.2 Å². The molecule has 8 heteroatoms. The van der Waals surface area contributed by atoms with E-state index in [-0.39, 0.29) is 5.01 Å². The second-order valence-corrected chi connectivity index (χ2v) is 4.97. The minimum Gasteiger partial charge on any atom is -0.362 e. The Kier molecular flexibility index (Phi) is 3.18. The number of carbonyl (C=O) groups excluding carboxylic acids is 1. The van der Waals surface area contributed by atoms with Crippen LogP contribution in [0.15, 0.2) is 30.3 Å². The van der Waals surface area contributed by atoms with E-state index < -0.39 is 29.9 Å². The highest BCUT2D eigenvalue weighted by Gasteiger charge is 2.67. The first-order chi connectivity index (χ1) is 9.10. The number of nitrogens with zero attached hydrogens (tertiary/aromatic N) is 1. The van der Waals surface area contributed by atoms with E-state index in [2.05, 4.69) is 5.43 Å². The average molecular weight is 289 g/mol. The molecule has 2 atom stereocenters. The van der Waals surface area contributed by atoms with Crippen molar-refractivity contribution in [2.45, 2.75) is 30.8 Å². The van der Waals surface area contributed by atoms with E-state index in [1.54, 1.807) is 30.3 Å². The second kappa shape index (κ2) is 4.35. The van der Waals surface area contributed by atoms with Crippen LogP contribution in [0.5, 0.6) is 0 Å². The maximum atomic E-state index is 13.1. The molecule has 1 aliphatic rings. The Bertz CT molecular complexity index is 522. The van der Waals surface area contributed by atoms with Crippen LogP contribution < -0.4 is 11.2 Å². The van der Waals surface area contributed by atoms with Gasteiger partial charge in [0.1, 0.15) is 0 Å². The standard InChI is InChI=1S/C12H14F3N3O2/c1-10(8-5-3-2-4-6-8)7-11(20,12(13,14)15)18(17-10)9(16)19/h2-6,17,20H,7H2,1H3,(H2,16,19)/t10-,11+/m1/s1. The number of hydrazine groups is 1. The first-order valence-corrected chi connectivity index (χ1v) is 5.82. The number of amides is 2. The monoisotopic (exact) mass is 289 g/mol. The van der Waals surface area contributed by atoms with Crippen LogP contribution in [0, 0.1) is 0 Å². The summed E-state index contributed by atoms with van der Waals surface area (Å²) >= 11 is 0. The molecule has 0 unspecified atom stereocenters. The Morgan fingerprint density at radius 3 is 2.35 bits per heavy atom. The summed E-state index contributed by atoms with van der Waals surface area (Å²) in [6.45, 7) is 1.46. The maximum Gasteiger partial charge on any atom is 0.438 e. The lowest BCUT2D eigenvalue weighted by molar-refractivity contribution is -0.299. The molecule has 1 fully saturated rings. The maximum absolute atomic E-state index is 13.1. The Morgan fingerprint density at radius 2 is 1.95 bits per heavy atom. The van der Waals surface area contributed by atoms with Gasteiger partial charge in [-0.15, -0.1) is 0 Å². The molecule has 4 N–H and O–H groups in total. The van der Waals surface area contributed by atoms with Crippen molar-refractivity contribution in [2.24, 2.45) is 5.73 Å². The number of aliphatic hydroxyl groups is 1. The van der Waals surface area contributed by atoms with Crippen molar-refractivity contribution in [3.63, 3.8) is 0 Å². The zero-order valence-corrected chi connectivity index (χ0v) is 10.6. The van der Waals surface area contributed by atoms with Crippen LogP contribution >= 0.6 is 0 Å². The zero-order chi connectivity index (χ0) is 15.2. The van der Waals surface area contributed by atoms with E-state index >= 15 is 0 Å². The molecule has 0 saturated carbocycles. The molecule has 1 aliphatic heterocycles. The van der Waals surface area contributed by atoms with Crippen molar-refractivity contribution in [3.05, 3.63) is 35.9 Å². The number of nitrogens with two attached hydrogens (primary N) is 1. The van der Waals surface area contributed by atoms with Gasteiger partial charge in [0.25, 0.3) is 5.72 Å². The molecule has 20 heavy (non-hydrogen) atoms. The van der Waals surface area contributed by atoms with Gasteiger partial charge in [-0.3, -0.25) is 0 Å². The van der Waals surface area contributed by atoms with E-state index in [1.807, 2.05) is 0 Å². The number of alkyl halides is 3. The Morgan fingerprint density at radius 1 is 1.40 bits per heavy atom. The Labute approximate surface area is 113 Å². The molecule has 5 nitrogen and oxygen atoms in total. The number of benzene rings is 1. The molecule has 1 aromatic carbocycles. The lowest BCUT2D eigenvalue weighted by atomic mass is 9.86. The smallest absolute Gasteiger partial charge is 0.362 e. The normalized spacial score (nSPS) is 30.6. The fourth-order valence-corrected chi connectivity index (χ4v) is 2.39. The first-order valence-electron chi connectivity index (χ1n) is 5.82. The van der Waals surface area contributed by atoms with Gasteiger partial charge < -0.3 is 10.8 Å². The van der Waals surface area contributed by atoms with Crippen LogP contribution in [0.4, 0.5) is 18.0 Å². The summed E-state index contributed by atoms with van der Waals surface area (Å²) < 4.78 is 39.2. The fourth-order valence-electron chi connectivity index (χ4n) is 2.39. The minimum atomic E-state index is -5.03. The summed E-state index contributed by atoms with van der Waals surface area (Å²) in [5.41, 5.74) is 3.20. The number of halogens is 3. The average Bonchev–Trinajstić information content (AvgIpc) is 2.65. The molecule has 1 aromatic rings. The highest BCUT2D eigenvalue weighted by Crippen LogP contribution is 2.46. The van der Waals surface area contributed by atoms with Crippen LogP contribution in [0.25, 0.3) is 0 Å². The van der Waals surface area contributed by atoms with Gasteiger partial charge in [-0.05, 0) is 12.5 Å². The van der Waals surface area contributed by atoms with Crippen molar-refractivity contribution >= 4 is 6.03 Å². The molecule has 1 saturated heterocycles. The molecule has 0 spiro atoms. The highest BCUT2D eigenvalue weighted by atomic mass is 19.4. The number of nitrogens with one attached hydrogen (secondary N) is 1. The Balaban J connectivity index is 2.46. The lowest BCUT2D eigenvalue weighted by Gasteiger charge is -2.32. The first kappa shape index (κ1) is 14.6. The molecule has 0 radical (unpaired) electrons. The van der Waals surface area contributed by atoms with E-state index in [4.69, 9.17) is 5.73 Å². The van der Waals surface area contributed by atoms with Crippen LogP contribution in [-0.2, 0) is 5.54 Å². The third kappa shape index (κ3) is 2.10. The van der Waals surface area contributed by atoms with Crippen molar-refractivity contribution in [3.8, 4) is 0 Å². The summed E-state index contributed by atoms with van der Waals surface area (Å²) in [5.74, 6) is 0. The number of primary amides is 1. The molecule has 2 rings (SSSR count). The van der Waals surface area contributed by atoms with Gasteiger partial charge in [0.15, 0.2) is 0 Å². The van der Waals surface area contributed by atoms with Gasteiger partial charge >= 0.3 is 12.2 Å². The number of rotatable bonds is 1. The summed E-state index contributed by atoms with van der Waals surface area (Å²) in [7, 11) is 0. The van der Waals surface area contributed by atoms with Crippen molar-refractivity contribution < 1.29 is 23.1 Å². The van der Waals surface area contributed by atoms with E-state index in [0.29, 0.717) is 5.56 Å². The number of hydrogen-bond donors (Lipinski definition) is 3. The molecule has 2 amide bonds. The molecule has 0 bridgehead atoms. The number of carbonyl (C=O) groups is 1. The molecular formula is C12H14F3N3O2. The summed E-state index contributed by atoms with van der Waals surface area (Å²) in [6, 6.07) is 6.83. The fraction of sp³-hybridized carbons (Fsp3) is 0.417. The quantitative estimate of drug-likeness (QED) is 0.732. The van der Waals surface area contributed by atoms with Gasteiger partial charge in [0.2, 0.25) is 0 Å². The van der Waals surface area contributed by atoms with Gasteiger partial charge in [-0.1, -0.05) is 30.3 Å². The third-order valence-corrected chi connectivity index (χ3v) is 3.41. The number of urea groups is 1. The summed E-state index contributed by atoms with van der Waals surface area (Å²) in [6.07, 6.45) is -5.78. The SMILES string of the molecule is C[C@]1(c2ccccc2)C[C@](O)(C(F)(F)F)N(C(N)=O)N1. The molecular weight excluding hydrogens is 275 g/mol. The van der Waals surface area contributed by atoms with Crippen LogP contribution in [0.2, 0.25) is 0 Å². The van der Waals surface area contributed by atoms with Gasteiger partial charge in [-0.25, -0.2) is 15.2 Å². The Hall–Kier alpha value is -1.80. The van der Waals surface area contributed by atoms with Crippen molar-refractivity contribution in [1.82, 2.24) is 10.4 Å². The van der Waals surface area contributed by atoms with Gasteiger partial charge in [0, 0.05) is 6.42 Å². The largest absolute Gasteiger partial charge is 0.438 e. The highest BCUT2D eigenvalue weighted by molar-refractivity contribution is 5.73. The molecule has 0 aromatic heterocycles. The predicted molar refractivity (Wildman–Crippen MR) is 64.0 cm³/mol. The molecule has 0 aliphatic carbocycles. The van der Waals surface area contributed by atoms with E-state index in [9.17, 15) is 23.1 Å². The predicted octanol–water partition coefficient (Wildman–Crippen LogP) is 1.44. The summed E-state index contributed by atoms with van der Waals surface area (Å²) in [5, 5.41) is 9.93. The van der Waals surface area contributed by atoms with Crippen molar-refractivity contribution in [2.75, 3.05) is 0 Å². The van der Waals surface area contributed by atoms with Crippen LogP contribution in [0.3, 0.4) is 0 Å². The van der Waals surface area contributed by atoms with Crippen molar-refractivity contribution in [1.29, 1.82) is 0 Å². The van der Waals surface area contributed by atoms with Crippen LogP contribution in [0.1, 0.15) is 18.9 Å². The summed E-state index contributed by atoms with van der Waals surface area (Å²) in [4.78, 5) is 11.2. The second-order valence-electron chi connectivity index (χ2n) is 4.97. The molecule has 1 heterocycles. The third-order valence-electron chi connectivity index (χ3n) is 3.41. The topological polar surface area (TPSA) is 78.6 Å².